The predicted molar refractivity (Wildman–Crippen MR) is 108 cm³/mol. The van der Waals surface area contributed by atoms with Gasteiger partial charge in [-0.1, -0.05) is 60.3 Å². The number of fused-ring (bicyclic) bond motifs is 1. The van der Waals surface area contributed by atoms with Crippen LogP contribution in [-0.2, 0) is 16.0 Å². The van der Waals surface area contributed by atoms with E-state index in [4.69, 9.17) is 11.6 Å². The number of unbranched alkanes of at least 4 members (excludes halogenated alkanes) is 1. The van der Waals surface area contributed by atoms with Crippen molar-refractivity contribution in [1.29, 1.82) is 0 Å². The summed E-state index contributed by atoms with van der Waals surface area (Å²) >= 11 is 8.26. The Hall–Kier alpha value is -0.560. The Labute approximate surface area is 165 Å². The number of aliphatic hydroxyl groups excluding tert-OH is 1. The quantitative estimate of drug-likeness (QED) is 0.478. The topological polar surface area (TPSA) is 72.7 Å². The van der Waals surface area contributed by atoms with Crippen molar-refractivity contribution in [1.82, 2.24) is 0 Å². The third-order valence-corrected chi connectivity index (χ3v) is 7.05. The highest BCUT2D eigenvalue weighted by atomic mass is 79.9. The Kier molecular flexibility index (Phi) is 7.38. The van der Waals surface area contributed by atoms with Gasteiger partial charge in [0.05, 0.1) is 4.83 Å². The molecule has 1 aliphatic carbocycles. The lowest BCUT2D eigenvalue weighted by molar-refractivity contribution is -0.113. The molecule has 0 bridgehead atoms. The number of halogens is 2. The van der Waals surface area contributed by atoms with Crippen LogP contribution in [0.25, 0.3) is 0 Å². The maximum absolute atomic E-state index is 12.9. The molecule has 0 radical (unpaired) electrons. The summed E-state index contributed by atoms with van der Waals surface area (Å²) in [6.07, 6.45) is 6.64. The van der Waals surface area contributed by atoms with E-state index in [2.05, 4.69) is 27.8 Å². The number of aliphatic imine (C=N–C) groups is 1. The molecule has 0 saturated heterocycles. The van der Waals surface area contributed by atoms with E-state index in [1.807, 2.05) is 13.0 Å². The van der Waals surface area contributed by atoms with Gasteiger partial charge in [0.1, 0.15) is 23.1 Å². The van der Waals surface area contributed by atoms with Crippen LogP contribution in [0.15, 0.2) is 39.1 Å². The van der Waals surface area contributed by atoms with Crippen LogP contribution >= 0.6 is 27.5 Å². The Morgan fingerprint density at radius 1 is 1.56 bits per heavy atom. The van der Waals surface area contributed by atoms with Gasteiger partial charge in [-0.25, -0.2) is 4.99 Å². The standard InChI is InChI=1S/C18H23BrClNO3S/c1-4-5-6-10(2)9-25(24)18-14(11(3)22)17(23)15-13(20)8-7-12(19)16(15)21-18/h7-8,10,12,16,23H,4-6,9H2,1-3H3. The number of ketones is 1. The van der Waals surface area contributed by atoms with Gasteiger partial charge in [0.2, 0.25) is 0 Å². The summed E-state index contributed by atoms with van der Waals surface area (Å²) < 4.78 is 12.9. The molecule has 4 atom stereocenters. The van der Waals surface area contributed by atoms with Crippen LogP contribution in [0.2, 0.25) is 0 Å². The largest absolute Gasteiger partial charge is 0.610 e. The Morgan fingerprint density at radius 3 is 2.84 bits per heavy atom. The SMILES string of the molecule is CCCCC(C)C[S+]([O-])C1=NC2C(=C(Cl)C=CC2Br)C(O)=C1C(C)=O. The molecule has 0 aromatic heterocycles. The molecule has 2 rings (SSSR count). The van der Waals surface area contributed by atoms with Crippen molar-refractivity contribution in [3.05, 3.63) is 34.1 Å². The molecule has 0 aromatic rings. The summed E-state index contributed by atoms with van der Waals surface area (Å²) in [5.41, 5.74) is 0.441. The van der Waals surface area contributed by atoms with E-state index in [-0.39, 0.29) is 32.9 Å². The molecule has 0 aromatic carbocycles. The third-order valence-electron chi connectivity index (χ3n) is 4.30. The van der Waals surface area contributed by atoms with Gasteiger partial charge in [0.25, 0.3) is 5.04 Å². The van der Waals surface area contributed by atoms with Gasteiger partial charge in [-0.15, -0.1) is 0 Å². The van der Waals surface area contributed by atoms with E-state index >= 15 is 0 Å². The molecular weight excluding hydrogens is 426 g/mol. The summed E-state index contributed by atoms with van der Waals surface area (Å²) in [4.78, 5) is 16.5. The molecule has 4 unspecified atom stereocenters. The molecule has 1 heterocycles. The first-order valence-electron chi connectivity index (χ1n) is 8.40. The maximum Gasteiger partial charge on any atom is 0.255 e. The van der Waals surface area contributed by atoms with Crippen molar-refractivity contribution in [2.45, 2.75) is 50.9 Å². The molecule has 25 heavy (non-hydrogen) atoms. The fourth-order valence-corrected chi connectivity index (χ4v) is 5.30. The third kappa shape index (κ3) is 4.59. The molecule has 0 fully saturated rings. The minimum absolute atomic E-state index is 0.0282. The van der Waals surface area contributed by atoms with Gasteiger partial charge in [-0.05, 0) is 19.4 Å². The smallest absolute Gasteiger partial charge is 0.255 e. The number of dihydropyridines is 1. The maximum atomic E-state index is 12.9. The minimum atomic E-state index is -1.45. The minimum Gasteiger partial charge on any atom is -0.610 e. The predicted octanol–water partition coefficient (Wildman–Crippen LogP) is 4.57. The zero-order valence-electron chi connectivity index (χ0n) is 14.6. The highest BCUT2D eigenvalue weighted by Crippen LogP contribution is 2.38. The molecule has 0 spiro atoms. The first kappa shape index (κ1) is 20.7. The van der Waals surface area contributed by atoms with Gasteiger partial charge in [0.15, 0.2) is 5.78 Å². The summed E-state index contributed by atoms with van der Waals surface area (Å²) in [5, 5.41) is 11.2. The summed E-state index contributed by atoms with van der Waals surface area (Å²) in [6, 6.07) is -0.481. The van der Waals surface area contributed by atoms with Crippen LogP contribution in [-0.4, -0.2) is 37.1 Å². The number of hydrogen-bond donors (Lipinski definition) is 1. The van der Waals surface area contributed by atoms with Gasteiger partial charge in [0, 0.05) is 27.7 Å². The number of rotatable bonds is 6. The van der Waals surface area contributed by atoms with Crippen LogP contribution in [0.1, 0.15) is 40.0 Å². The molecule has 4 nitrogen and oxygen atoms in total. The molecule has 2 aliphatic rings. The van der Waals surface area contributed by atoms with Crippen molar-refractivity contribution in [3.63, 3.8) is 0 Å². The molecular formula is C18H23BrClNO3S. The van der Waals surface area contributed by atoms with E-state index in [9.17, 15) is 14.5 Å². The summed E-state index contributed by atoms with van der Waals surface area (Å²) in [7, 11) is 0. The van der Waals surface area contributed by atoms with Gasteiger partial charge in [-0.2, -0.15) is 0 Å². The molecule has 0 saturated carbocycles. The number of carbonyl (C=O) groups is 1. The zero-order chi connectivity index (χ0) is 18.7. The Bertz CT molecular complexity index is 671. The second-order valence-electron chi connectivity index (χ2n) is 6.48. The molecule has 7 heteroatoms. The molecule has 1 aliphatic heterocycles. The number of Topliss-reactive ketones (excluding diaryl/α,β-unsaturated/α-hetero) is 1. The van der Waals surface area contributed by atoms with E-state index in [1.165, 1.54) is 6.92 Å². The van der Waals surface area contributed by atoms with Crippen LogP contribution in [0.3, 0.4) is 0 Å². The first-order valence-corrected chi connectivity index (χ1v) is 11.0. The number of aliphatic hydroxyl groups is 1. The van der Waals surface area contributed by atoms with E-state index in [1.54, 1.807) is 6.08 Å². The zero-order valence-corrected chi connectivity index (χ0v) is 17.7. The van der Waals surface area contributed by atoms with Crippen molar-refractivity contribution in [2.24, 2.45) is 10.9 Å². The highest BCUT2D eigenvalue weighted by Gasteiger charge is 2.41. The normalized spacial score (nSPS) is 25.6. The first-order chi connectivity index (χ1) is 11.8. The van der Waals surface area contributed by atoms with Crippen LogP contribution in [0, 0.1) is 5.92 Å². The van der Waals surface area contributed by atoms with Crippen molar-refractivity contribution >= 4 is 49.5 Å². The molecule has 1 N–H and O–H groups in total. The average Bonchev–Trinajstić information content (AvgIpc) is 2.55. The van der Waals surface area contributed by atoms with Crippen molar-refractivity contribution < 1.29 is 14.5 Å². The highest BCUT2D eigenvalue weighted by molar-refractivity contribution is 9.09. The fraction of sp³-hybridized carbons (Fsp3) is 0.556. The van der Waals surface area contributed by atoms with Crippen LogP contribution in [0.4, 0.5) is 0 Å². The van der Waals surface area contributed by atoms with Crippen LogP contribution in [0.5, 0.6) is 0 Å². The van der Waals surface area contributed by atoms with E-state index in [0.717, 1.165) is 19.3 Å². The number of carbonyl (C=O) groups excluding carboxylic acids is 1. The lowest BCUT2D eigenvalue weighted by Gasteiger charge is -2.30. The lowest BCUT2D eigenvalue weighted by atomic mass is 9.92. The second kappa shape index (κ2) is 8.89. The van der Waals surface area contributed by atoms with E-state index < -0.39 is 17.2 Å². The number of nitrogens with zero attached hydrogens (tertiary/aromatic N) is 1. The average molecular weight is 449 g/mol. The number of alkyl halides is 1. The molecule has 138 valence electrons. The monoisotopic (exact) mass is 447 g/mol. The number of allylic oxidation sites excluding steroid dienone is 2. The van der Waals surface area contributed by atoms with Crippen LogP contribution < -0.4 is 0 Å². The summed E-state index contributed by atoms with van der Waals surface area (Å²) in [5.74, 6) is 0.119. The van der Waals surface area contributed by atoms with Gasteiger partial charge in [-0.3, -0.25) is 4.79 Å². The number of hydrogen-bond acceptors (Lipinski definition) is 4. The molecule has 0 amide bonds. The van der Waals surface area contributed by atoms with Crippen molar-refractivity contribution in [3.8, 4) is 0 Å². The lowest BCUT2D eigenvalue weighted by Crippen LogP contribution is -2.37. The van der Waals surface area contributed by atoms with Gasteiger partial charge < -0.3 is 9.66 Å². The van der Waals surface area contributed by atoms with E-state index in [0.29, 0.717) is 16.4 Å². The summed E-state index contributed by atoms with van der Waals surface area (Å²) in [6.45, 7) is 5.51. The van der Waals surface area contributed by atoms with Crippen molar-refractivity contribution in [2.75, 3.05) is 5.75 Å². The fourth-order valence-electron chi connectivity index (χ4n) is 2.95. The van der Waals surface area contributed by atoms with Gasteiger partial charge >= 0.3 is 0 Å². The second-order valence-corrected chi connectivity index (χ2v) is 9.36. The Balaban J connectivity index is 2.38. The Morgan fingerprint density at radius 2 is 2.24 bits per heavy atom.